The highest BCUT2D eigenvalue weighted by atomic mass is 16.4. The van der Waals surface area contributed by atoms with E-state index < -0.39 is 5.97 Å². The summed E-state index contributed by atoms with van der Waals surface area (Å²) in [7, 11) is 0. The minimum atomic E-state index is -0.857. The van der Waals surface area contributed by atoms with Gasteiger partial charge < -0.3 is 10.4 Å². The number of carbonyl (C=O) groups is 2. The van der Waals surface area contributed by atoms with E-state index in [1.165, 1.54) is 0 Å². The molecule has 0 saturated heterocycles. The standard InChI is InChI=1S/C13H18N2O3/c1-8-4-6-11(10(3)14-8)13(18)15-9(2)5-7-12(16)17/h4,6,9H,5,7H2,1-3H3,(H,15,18)(H,16,17). The quantitative estimate of drug-likeness (QED) is 0.833. The van der Waals surface area contributed by atoms with E-state index in [1.807, 2.05) is 6.92 Å². The van der Waals surface area contributed by atoms with Crippen molar-refractivity contribution in [2.24, 2.45) is 0 Å². The largest absolute Gasteiger partial charge is 0.481 e. The minimum Gasteiger partial charge on any atom is -0.481 e. The molecule has 1 aromatic heterocycles. The van der Waals surface area contributed by atoms with Crippen LogP contribution in [0, 0.1) is 13.8 Å². The zero-order valence-corrected chi connectivity index (χ0v) is 10.9. The van der Waals surface area contributed by atoms with Crippen molar-refractivity contribution < 1.29 is 14.7 Å². The molecule has 0 aromatic carbocycles. The lowest BCUT2D eigenvalue weighted by atomic mass is 10.1. The minimum absolute atomic E-state index is 0.0482. The Balaban J connectivity index is 2.62. The number of hydrogen-bond acceptors (Lipinski definition) is 3. The maximum Gasteiger partial charge on any atom is 0.303 e. The van der Waals surface area contributed by atoms with E-state index in [2.05, 4.69) is 10.3 Å². The van der Waals surface area contributed by atoms with E-state index in [9.17, 15) is 9.59 Å². The first-order valence-corrected chi connectivity index (χ1v) is 5.87. The van der Waals surface area contributed by atoms with Gasteiger partial charge in [0.15, 0.2) is 0 Å². The number of hydrogen-bond donors (Lipinski definition) is 2. The molecule has 0 aliphatic heterocycles. The molecule has 2 N–H and O–H groups in total. The Kier molecular flexibility index (Phi) is 4.83. The molecule has 1 heterocycles. The molecule has 1 atom stereocenters. The zero-order chi connectivity index (χ0) is 13.7. The van der Waals surface area contributed by atoms with Gasteiger partial charge in [-0.05, 0) is 39.3 Å². The number of nitrogens with one attached hydrogen (secondary N) is 1. The van der Waals surface area contributed by atoms with Crippen molar-refractivity contribution in [1.29, 1.82) is 0 Å². The Hall–Kier alpha value is -1.91. The third-order valence-electron chi connectivity index (χ3n) is 2.64. The number of carbonyl (C=O) groups excluding carboxylic acids is 1. The van der Waals surface area contributed by atoms with E-state index in [0.717, 1.165) is 5.69 Å². The van der Waals surface area contributed by atoms with Crippen molar-refractivity contribution in [3.05, 3.63) is 29.1 Å². The van der Waals surface area contributed by atoms with Gasteiger partial charge in [-0.25, -0.2) is 0 Å². The van der Waals surface area contributed by atoms with Crippen LogP contribution in [0.15, 0.2) is 12.1 Å². The van der Waals surface area contributed by atoms with Gasteiger partial charge in [-0.3, -0.25) is 14.6 Å². The van der Waals surface area contributed by atoms with Gasteiger partial charge in [-0.2, -0.15) is 0 Å². The molecule has 98 valence electrons. The number of rotatable bonds is 5. The number of aliphatic carboxylic acids is 1. The summed E-state index contributed by atoms with van der Waals surface area (Å²) in [4.78, 5) is 26.6. The molecule has 0 aliphatic rings. The summed E-state index contributed by atoms with van der Waals surface area (Å²) >= 11 is 0. The van der Waals surface area contributed by atoms with Crippen LogP contribution in [-0.4, -0.2) is 28.0 Å². The Labute approximate surface area is 106 Å². The number of carboxylic acid groups (broad SMARTS) is 1. The van der Waals surface area contributed by atoms with Crippen LogP contribution >= 0.6 is 0 Å². The Morgan fingerprint density at radius 1 is 1.39 bits per heavy atom. The van der Waals surface area contributed by atoms with Gasteiger partial charge in [0.1, 0.15) is 0 Å². The molecule has 18 heavy (non-hydrogen) atoms. The summed E-state index contributed by atoms with van der Waals surface area (Å²) in [6.07, 6.45) is 0.464. The van der Waals surface area contributed by atoms with Crippen LogP contribution in [0.1, 0.15) is 41.5 Å². The number of pyridine rings is 1. The van der Waals surface area contributed by atoms with E-state index in [0.29, 0.717) is 17.7 Å². The number of amides is 1. The van der Waals surface area contributed by atoms with Crippen molar-refractivity contribution in [1.82, 2.24) is 10.3 Å². The fraction of sp³-hybridized carbons (Fsp3) is 0.462. The second-order valence-corrected chi connectivity index (χ2v) is 4.39. The van der Waals surface area contributed by atoms with Crippen LogP contribution < -0.4 is 5.32 Å². The van der Waals surface area contributed by atoms with Crippen LogP contribution in [0.5, 0.6) is 0 Å². The van der Waals surface area contributed by atoms with Crippen LogP contribution in [-0.2, 0) is 4.79 Å². The molecule has 5 heteroatoms. The molecule has 0 bridgehead atoms. The predicted octanol–water partition coefficient (Wildman–Crippen LogP) is 1.68. The van der Waals surface area contributed by atoms with Crippen LogP contribution in [0.25, 0.3) is 0 Å². The Bertz CT molecular complexity index is 458. The fourth-order valence-corrected chi connectivity index (χ4v) is 1.64. The molecular weight excluding hydrogens is 232 g/mol. The SMILES string of the molecule is Cc1ccc(C(=O)NC(C)CCC(=O)O)c(C)n1. The predicted molar refractivity (Wildman–Crippen MR) is 67.5 cm³/mol. The Morgan fingerprint density at radius 3 is 2.61 bits per heavy atom. The maximum atomic E-state index is 11.9. The van der Waals surface area contributed by atoms with Crippen LogP contribution in [0.2, 0.25) is 0 Å². The van der Waals surface area contributed by atoms with Crippen molar-refractivity contribution in [2.75, 3.05) is 0 Å². The summed E-state index contributed by atoms with van der Waals surface area (Å²) in [5.74, 6) is -1.07. The molecular formula is C13H18N2O3. The lowest BCUT2D eigenvalue weighted by Gasteiger charge is -2.13. The molecule has 1 aromatic rings. The van der Waals surface area contributed by atoms with Crippen LogP contribution in [0.4, 0.5) is 0 Å². The first-order valence-electron chi connectivity index (χ1n) is 5.87. The molecule has 5 nitrogen and oxygen atoms in total. The lowest BCUT2D eigenvalue weighted by molar-refractivity contribution is -0.137. The summed E-state index contributed by atoms with van der Waals surface area (Å²) < 4.78 is 0. The Morgan fingerprint density at radius 2 is 2.06 bits per heavy atom. The average Bonchev–Trinajstić information content (AvgIpc) is 2.26. The second kappa shape index (κ2) is 6.14. The highest BCUT2D eigenvalue weighted by Crippen LogP contribution is 2.07. The summed E-state index contributed by atoms with van der Waals surface area (Å²) in [5.41, 5.74) is 2.07. The van der Waals surface area contributed by atoms with Gasteiger partial charge in [0.2, 0.25) is 0 Å². The average molecular weight is 250 g/mol. The summed E-state index contributed by atoms with van der Waals surface area (Å²) in [5, 5.41) is 11.3. The van der Waals surface area contributed by atoms with Gasteiger partial charge in [0.05, 0.1) is 11.3 Å². The van der Waals surface area contributed by atoms with Gasteiger partial charge in [-0.1, -0.05) is 0 Å². The first kappa shape index (κ1) is 14.2. The molecule has 0 radical (unpaired) electrons. The second-order valence-electron chi connectivity index (χ2n) is 4.39. The molecule has 0 spiro atoms. The van der Waals surface area contributed by atoms with Crippen LogP contribution in [0.3, 0.4) is 0 Å². The van der Waals surface area contributed by atoms with E-state index in [-0.39, 0.29) is 18.4 Å². The number of aryl methyl sites for hydroxylation is 2. The van der Waals surface area contributed by atoms with Gasteiger partial charge in [0.25, 0.3) is 5.91 Å². The summed E-state index contributed by atoms with van der Waals surface area (Å²) in [6.45, 7) is 5.44. The molecule has 0 saturated carbocycles. The molecule has 0 fully saturated rings. The summed E-state index contributed by atoms with van der Waals surface area (Å²) in [6, 6.07) is 3.34. The molecule has 1 unspecified atom stereocenters. The van der Waals surface area contributed by atoms with Gasteiger partial charge in [0, 0.05) is 18.2 Å². The topological polar surface area (TPSA) is 79.3 Å². The highest BCUT2D eigenvalue weighted by Gasteiger charge is 2.13. The number of nitrogens with zero attached hydrogens (tertiary/aromatic N) is 1. The third-order valence-corrected chi connectivity index (χ3v) is 2.64. The first-order chi connectivity index (χ1) is 8.40. The fourth-order valence-electron chi connectivity index (χ4n) is 1.64. The molecule has 0 aliphatic carbocycles. The van der Waals surface area contributed by atoms with Crippen molar-refractivity contribution in [3.8, 4) is 0 Å². The number of carboxylic acids is 1. The lowest BCUT2D eigenvalue weighted by Crippen LogP contribution is -2.33. The molecule has 1 rings (SSSR count). The smallest absolute Gasteiger partial charge is 0.303 e. The third kappa shape index (κ3) is 4.16. The normalized spacial score (nSPS) is 11.9. The number of aromatic nitrogens is 1. The maximum absolute atomic E-state index is 11.9. The monoisotopic (exact) mass is 250 g/mol. The molecule has 1 amide bonds. The van der Waals surface area contributed by atoms with Crippen molar-refractivity contribution in [2.45, 2.75) is 39.7 Å². The van der Waals surface area contributed by atoms with Gasteiger partial charge in [-0.15, -0.1) is 0 Å². The van der Waals surface area contributed by atoms with E-state index >= 15 is 0 Å². The highest BCUT2D eigenvalue weighted by molar-refractivity contribution is 5.95. The van der Waals surface area contributed by atoms with Crippen molar-refractivity contribution >= 4 is 11.9 Å². The zero-order valence-electron chi connectivity index (χ0n) is 10.9. The van der Waals surface area contributed by atoms with Crippen molar-refractivity contribution in [3.63, 3.8) is 0 Å². The van der Waals surface area contributed by atoms with E-state index in [4.69, 9.17) is 5.11 Å². The van der Waals surface area contributed by atoms with Gasteiger partial charge >= 0.3 is 5.97 Å². The van der Waals surface area contributed by atoms with E-state index in [1.54, 1.807) is 26.0 Å².